The van der Waals surface area contributed by atoms with Gasteiger partial charge in [-0.3, -0.25) is 9.20 Å². The minimum absolute atomic E-state index is 0.213. The molecule has 0 spiro atoms. The van der Waals surface area contributed by atoms with Crippen LogP contribution in [0.25, 0.3) is 5.65 Å². The first kappa shape index (κ1) is 29.1. The highest BCUT2D eigenvalue weighted by Gasteiger charge is 2.31. The summed E-state index contributed by atoms with van der Waals surface area (Å²) in [5.41, 5.74) is 2.98. The van der Waals surface area contributed by atoms with Crippen molar-refractivity contribution in [1.29, 1.82) is 0 Å². The number of carbonyl (C=O) groups excluding carboxylic acids is 1. The number of hydrogen-bond donors (Lipinski definition) is 1. The normalized spacial score (nSPS) is 14.5. The lowest BCUT2D eigenvalue weighted by molar-refractivity contribution is -0.137. The predicted molar refractivity (Wildman–Crippen MR) is 156 cm³/mol. The number of aryl methyl sites for hydroxylation is 1. The number of carbonyl (C=O) groups is 1. The van der Waals surface area contributed by atoms with Gasteiger partial charge in [-0.25, -0.2) is 4.98 Å². The van der Waals surface area contributed by atoms with Crippen LogP contribution in [0.3, 0.4) is 0 Å². The van der Waals surface area contributed by atoms with Crippen LogP contribution in [-0.2, 0) is 23.1 Å². The van der Waals surface area contributed by atoms with Crippen molar-refractivity contribution >= 4 is 45.5 Å². The topological polar surface area (TPSA) is 52.9 Å². The molecule has 0 unspecified atom stereocenters. The Hall–Kier alpha value is -3.42. The van der Waals surface area contributed by atoms with E-state index in [2.05, 4.69) is 20.1 Å². The van der Waals surface area contributed by atoms with Gasteiger partial charge in [-0.2, -0.15) is 22.0 Å². The van der Waals surface area contributed by atoms with Gasteiger partial charge in [0.05, 0.1) is 11.3 Å². The highest BCUT2D eigenvalue weighted by atomic mass is 127. The van der Waals surface area contributed by atoms with Crippen LogP contribution >= 0.6 is 22.6 Å². The molecule has 3 heterocycles. The molecular weight excluding hydrogens is 656 g/mol. The maximum Gasteiger partial charge on any atom is 0.416 e. The Balaban J connectivity index is 1.20. The second-order valence-corrected chi connectivity index (χ2v) is 11.1. The fourth-order valence-corrected chi connectivity index (χ4v) is 5.24. The summed E-state index contributed by atoms with van der Waals surface area (Å²) in [5.74, 6) is -0.397. The van der Waals surface area contributed by atoms with Crippen LogP contribution in [0.15, 0.2) is 66.9 Å². The summed E-state index contributed by atoms with van der Waals surface area (Å²) in [7, 11) is 0. The van der Waals surface area contributed by atoms with E-state index in [-0.39, 0.29) is 17.8 Å². The molecule has 0 saturated carbocycles. The van der Waals surface area contributed by atoms with Crippen molar-refractivity contribution in [3.8, 4) is 0 Å². The van der Waals surface area contributed by atoms with Crippen molar-refractivity contribution < 1.29 is 26.7 Å². The summed E-state index contributed by atoms with van der Waals surface area (Å²) in [4.78, 5) is 21.8. The zero-order chi connectivity index (χ0) is 29.4. The summed E-state index contributed by atoms with van der Waals surface area (Å²) < 4.78 is 64.7. The molecule has 4 aromatic rings. The third kappa shape index (κ3) is 6.41. The summed E-state index contributed by atoms with van der Waals surface area (Å²) in [6.45, 7) is 4.88. The van der Waals surface area contributed by atoms with Gasteiger partial charge in [-0.05, 0) is 60.5 Å². The maximum atomic E-state index is 13.9. The van der Waals surface area contributed by atoms with E-state index in [4.69, 9.17) is 0 Å². The molecule has 6 nitrogen and oxygen atoms in total. The van der Waals surface area contributed by atoms with Gasteiger partial charge in [0.15, 0.2) is 0 Å². The third-order valence-electron chi connectivity index (χ3n) is 7.16. The average molecular weight is 683 g/mol. The molecule has 216 valence electrons. The largest absolute Gasteiger partial charge is 0.416 e. The van der Waals surface area contributed by atoms with Gasteiger partial charge in [0.1, 0.15) is 11.3 Å². The molecule has 1 aliphatic heterocycles. The van der Waals surface area contributed by atoms with E-state index in [1.165, 1.54) is 34.9 Å². The molecular formula is C29H27F5IN5O. The number of aromatic nitrogens is 2. The number of imidazole rings is 1. The van der Waals surface area contributed by atoms with Crippen LogP contribution in [0.4, 0.5) is 33.3 Å². The van der Waals surface area contributed by atoms with Crippen LogP contribution < -0.4 is 15.1 Å². The van der Waals surface area contributed by atoms with Gasteiger partial charge in [0.2, 0.25) is 0 Å². The molecule has 1 aliphatic rings. The highest BCUT2D eigenvalue weighted by molar-refractivity contribution is 14.1. The molecule has 1 amide bonds. The molecule has 0 aliphatic carbocycles. The first-order valence-electron chi connectivity index (χ1n) is 13.1. The molecule has 2 aromatic carbocycles. The molecule has 0 atom stereocenters. The van der Waals surface area contributed by atoms with Gasteiger partial charge in [0, 0.05) is 78.4 Å². The standard InChI is InChI=1S/C29H27F5IN5O/c1-2-24-26(40-18-21(29(33,34)35)7-12-25(40)37-24)27(41)36-17-19-3-8-22(9-4-19)38-13-15-39(16-14-38)23-10-5-20(6-11-23)28(30,31)32/h3-12,18H,2,13-17H2,1H3,(H,36,41). The van der Waals surface area contributed by atoms with Crippen molar-refractivity contribution in [3.63, 3.8) is 0 Å². The number of alkyl halides is 6. The van der Waals surface area contributed by atoms with E-state index in [0.717, 1.165) is 51.7 Å². The average Bonchev–Trinajstić information content (AvgIpc) is 3.34. The van der Waals surface area contributed by atoms with E-state index in [0.29, 0.717) is 43.9 Å². The number of nitrogens with zero attached hydrogens (tertiary/aromatic N) is 4. The van der Waals surface area contributed by atoms with Crippen LogP contribution in [0.2, 0.25) is 0 Å². The second-order valence-electron chi connectivity index (χ2n) is 9.77. The molecule has 2 aromatic heterocycles. The number of amides is 1. The van der Waals surface area contributed by atoms with Crippen LogP contribution in [0.1, 0.15) is 39.8 Å². The Morgan fingerprint density at radius 3 is 1.90 bits per heavy atom. The maximum absolute atomic E-state index is 13.9. The van der Waals surface area contributed by atoms with Gasteiger partial charge in [-0.1, -0.05) is 19.1 Å². The molecule has 41 heavy (non-hydrogen) atoms. The van der Waals surface area contributed by atoms with E-state index in [9.17, 15) is 26.7 Å². The number of pyridine rings is 1. The Labute approximate surface area is 247 Å². The van der Waals surface area contributed by atoms with Crippen molar-refractivity contribution in [2.45, 2.75) is 30.0 Å². The predicted octanol–water partition coefficient (Wildman–Crippen LogP) is 6.66. The number of nitrogens with one attached hydrogen (secondary N) is 1. The zero-order valence-electron chi connectivity index (χ0n) is 22.1. The van der Waals surface area contributed by atoms with Gasteiger partial charge in [0.25, 0.3) is 5.91 Å². The number of hydrogen-bond acceptors (Lipinski definition) is 4. The fraction of sp³-hybridized carbons (Fsp3) is 0.310. The monoisotopic (exact) mass is 683 g/mol. The summed E-state index contributed by atoms with van der Waals surface area (Å²) in [5, 5.41) is 2.88. The first-order chi connectivity index (χ1) is 19.4. The lowest BCUT2D eigenvalue weighted by Gasteiger charge is -2.37. The summed E-state index contributed by atoms with van der Waals surface area (Å²) in [6.07, 6.45) is -2.62. The summed E-state index contributed by atoms with van der Waals surface area (Å²) in [6, 6.07) is 15.8. The smallest absolute Gasteiger partial charge is 0.368 e. The Morgan fingerprint density at radius 2 is 1.39 bits per heavy atom. The number of fused-ring (bicyclic) bond motifs is 1. The molecule has 1 fully saturated rings. The Morgan fingerprint density at radius 1 is 0.854 bits per heavy atom. The van der Waals surface area contributed by atoms with Crippen LogP contribution in [-0.4, -0.2) is 41.5 Å². The number of piperazine rings is 1. The number of anilines is 2. The number of halogens is 6. The quantitative estimate of drug-likeness (QED) is 0.135. The third-order valence-corrected chi connectivity index (χ3v) is 7.78. The molecule has 5 rings (SSSR count). The fourth-order valence-electron chi connectivity index (χ4n) is 4.92. The first-order valence-corrected chi connectivity index (χ1v) is 14.1. The molecule has 1 N–H and O–H groups in total. The zero-order valence-corrected chi connectivity index (χ0v) is 24.2. The van der Waals surface area contributed by atoms with Crippen LogP contribution in [0, 0.1) is 0 Å². The minimum atomic E-state index is -4.35. The molecule has 0 radical (unpaired) electrons. The Bertz CT molecular complexity index is 1520. The summed E-state index contributed by atoms with van der Waals surface area (Å²) >= 11 is 1.06. The van der Waals surface area contributed by atoms with Gasteiger partial charge in [-0.15, -0.1) is 0 Å². The van der Waals surface area contributed by atoms with E-state index < -0.39 is 21.6 Å². The highest BCUT2D eigenvalue weighted by Crippen LogP contribution is 2.35. The Kier molecular flexibility index (Phi) is 8.13. The van der Waals surface area contributed by atoms with Crippen molar-refractivity contribution in [3.05, 3.63) is 94.9 Å². The van der Waals surface area contributed by atoms with E-state index >= 15 is 0 Å². The lowest BCUT2D eigenvalue weighted by atomic mass is 10.1. The van der Waals surface area contributed by atoms with E-state index in [1.807, 2.05) is 31.2 Å². The van der Waals surface area contributed by atoms with Crippen molar-refractivity contribution in [1.82, 2.24) is 14.7 Å². The SMILES string of the molecule is CCc1nc2ccc(C(F)(F)I)cn2c1C(=O)NCc1ccc(N2CCN(c3ccc(C(F)(F)F)cc3)CC2)cc1. The van der Waals surface area contributed by atoms with Crippen molar-refractivity contribution in [2.75, 3.05) is 36.0 Å². The van der Waals surface area contributed by atoms with Crippen LogP contribution in [0.5, 0.6) is 0 Å². The van der Waals surface area contributed by atoms with Gasteiger partial charge < -0.3 is 15.1 Å². The van der Waals surface area contributed by atoms with Crippen molar-refractivity contribution in [2.24, 2.45) is 0 Å². The number of benzene rings is 2. The number of rotatable bonds is 7. The minimum Gasteiger partial charge on any atom is -0.368 e. The second kappa shape index (κ2) is 11.5. The van der Waals surface area contributed by atoms with Gasteiger partial charge >= 0.3 is 10.1 Å². The molecule has 1 saturated heterocycles. The molecule has 12 heteroatoms. The molecule has 0 bridgehead atoms. The lowest BCUT2D eigenvalue weighted by Crippen LogP contribution is -2.46. The van der Waals surface area contributed by atoms with E-state index in [1.54, 1.807) is 0 Å².